The van der Waals surface area contributed by atoms with Crippen molar-refractivity contribution in [1.29, 1.82) is 0 Å². The van der Waals surface area contributed by atoms with Gasteiger partial charge in [-0.05, 0) is 55.0 Å². The van der Waals surface area contributed by atoms with Gasteiger partial charge in [0.25, 0.3) is 0 Å². The third-order valence-electron chi connectivity index (χ3n) is 3.11. The minimum absolute atomic E-state index is 0.108. The zero-order valence-corrected chi connectivity index (χ0v) is 9.39. The normalized spacial score (nSPS) is 26.6. The van der Waals surface area contributed by atoms with E-state index in [4.69, 9.17) is 0 Å². The summed E-state index contributed by atoms with van der Waals surface area (Å²) in [6.07, 6.45) is 1.16. The molecule has 0 aromatic heterocycles. The molecule has 82 valence electrons. The quantitative estimate of drug-likeness (QED) is 0.746. The minimum atomic E-state index is -0.108. The van der Waals surface area contributed by atoms with Gasteiger partial charge >= 0.3 is 0 Å². The van der Waals surface area contributed by atoms with E-state index in [1.807, 2.05) is 6.92 Å². The molecule has 1 aromatic carbocycles. The van der Waals surface area contributed by atoms with E-state index in [9.17, 15) is 4.39 Å². The topological polar surface area (TPSA) is 12.0 Å². The molecular weight excluding hydrogens is 189 g/mol. The molecule has 2 heteroatoms. The van der Waals surface area contributed by atoms with Crippen molar-refractivity contribution in [3.05, 3.63) is 35.1 Å². The molecule has 1 fully saturated rings. The van der Waals surface area contributed by atoms with Gasteiger partial charge in [0.05, 0.1) is 0 Å². The maximum absolute atomic E-state index is 13.3. The maximum Gasteiger partial charge on any atom is 0.123 e. The second kappa shape index (κ2) is 4.31. The van der Waals surface area contributed by atoms with E-state index in [0.29, 0.717) is 11.8 Å². The van der Waals surface area contributed by atoms with Crippen LogP contribution in [0.15, 0.2) is 18.2 Å². The van der Waals surface area contributed by atoms with Crippen molar-refractivity contribution < 1.29 is 4.39 Å². The van der Waals surface area contributed by atoms with E-state index in [1.54, 1.807) is 12.1 Å². The van der Waals surface area contributed by atoms with E-state index >= 15 is 0 Å². The second-order valence-electron chi connectivity index (χ2n) is 4.76. The Labute approximate surface area is 90.7 Å². The summed E-state index contributed by atoms with van der Waals surface area (Å²) in [6.45, 7) is 6.26. The average molecular weight is 207 g/mol. The molecule has 0 bridgehead atoms. The van der Waals surface area contributed by atoms with Crippen LogP contribution in [0.1, 0.15) is 30.4 Å². The lowest BCUT2D eigenvalue weighted by Gasteiger charge is -2.28. The summed E-state index contributed by atoms with van der Waals surface area (Å²) in [5.74, 6) is 1.05. The largest absolute Gasteiger partial charge is 0.316 e. The number of hydrogen-bond acceptors (Lipinski definition) is 1. The van der Waals surface area contributed by atoms with Gasteiger partial charge in [0.1, 0.15) is 5.82 Å². The van der Waals surface area contributed by atoms with Gasteiger partial charge in [-0.2, -0.15) is 0 Å². The van der Waals surface area contributed by atoms with Gasteiger partial charge in [-0.15, -0.1) is 0 Å². The van der Waals surface area contributed by atoms with Crippen LogP contribution in [-0.4, -0.2) is 13.1 Å². The monoisotopic (exact) mass is 207 g/mol. The molecular formula is C13H18FN. The number of rotatable bonds is 1. The Hall–Kier alpha value is -0.890. The van der Waals surface area contributed by atoms with Gasteiger partial charge in [0, 0.05) is 6.54 Å². The fraction of sp³-hybridized carbons (Fsp3) is 0.538. The zero-order chi connectivity index (χ0) is 10.8. The molecule has 0 saturated carbocycles. The third-order valence-corrected chi connectivity index (χ3v) is 3.11. The molecule has 0 radical (unpaired) electrons. The lowest BCUT2D eigenvalue weighted by atomic mass is 9.86. The van der Waals surface area contributed by atoms with Gasteiger partial charge in [-0.3, -0.25) is 0 Å². The molecule has 2 rings (SSSR count). The lowest BCUT2D eigenvalue weighted by molar-refractivity contribution is 0.363. The Morgan fingerprint density at radius 1 is 1.27 bits per heavy atom. The van der Waals surface area contributed by atoms with Gasteiger partial charge in [-0.1, -0.05) is 13.0 Å². The van der Waals surface area contributed by atoms with Crippen molar-refractivity contribution >= 4 is 0 Å². The first-order valence-electron chi connectivity index (χ1n) is 5.63. The molecule has 1 saturated heterocycles. The van der Waals surface area contributed by atoms with Crippen LogP contribution in [0, 0.1) is 18.7 Å². The zero-order valence-electron chi connectivity index (χ0n) is 9.39. The highest BCUT2D eigenvalue weighted by atomic mass is 19.1. The van der Waals surface area contributed by atoms with Crippen LogP contribution in [-0.2, 0) is 0 Å². The summed E-state index contributed by atoms with van der Waals surface area (Å²) in [7, 11) is 0. The van der Waals surface area contributed by atoms with Gasteiger partial charge in [-0.25, -0.2) is 4.39 Å². The number of halogens is 1. The highest BCUT2D eigenvalue weighted by molar-refractivity contribution is 5.27. The SMILES string of the molecule is Cc1cc(F)cc(C2CNCC(C)C2)c1. The van der Waals surface area contributed by atoms with Crippen LogP contribution >= 0.6 is 0 Å². The Kier molecular flexibility index (Phi) is 3.06. The molecule has 1 N–H and O–H groups in total. The van der Waals surface area contributed by atoms with Crippen molar-refractivity contribution in [2.45, 2.75) is 26.2 Å². The number of nitrogens with one attached hydrogen (secondary N) is 1. The van der Waals surface area contributed by atoms with E-state index in [1.165, 1.54) is 0 Å². The van der Waals surface area contributed by atoms with Crippen molar-refractivity contribution in [1.82, 2.24) is 5.32 Å². The summed E-state index contributed by atoms with van der Waals surface area (Å²) in [5.41, 5.74) is 2.16. The van der Waals surface area contributed by atoms with Gasteiger partial charge in [0.2, 0.25) is 0 Å². The first kappa shape index (κ1) is 10.6. The molecule has 1 aliphatic rings. The third kappa shape index (κ3) is 2.57. The average Bonchev–Trinajstić information content (AvgIpc) is 2.16. The molecule has 0 aliphatic carbocycles. The fourth-order valence-electron chi connectivity index (χ4n) is 2.41. The van der Waals surface area contributed by atoms with E-state index in [-0.39, 0.29) is 5.82 Å². The van der Waals surface area contributed by atoms with Crippen molar-refractivity contribution in [2.75, 3.05) is 13.1 Å². The number of hydrogen-bond donors (Lipinski definition) is 1. The lowest BCUT2D eigenvalue weighted by Crippen LogP contribution is -2.33. The summed E-state index contributed by atoms with van der Waals surface area (Å²) < 4.78 is 13.3. The highest BCUT2D eigenvalue weighted by Crippen LogP contribution is 2.27. The molecule has 1 aliphatic heterocycles. The summed E-state index contributed by atoms with van der Waals surface area (Å²) in [6, 6.07) is 5.37. The predicted molar refractivity (Wildman–Crippen MR) is 60.5 cm³/mol. The first-order chi connectivity index (χ1) is 7.15. The smallest absolute Gasteiger partial charge is 0.123 e. The molecule has 1 aromatic rings. The van der Waals surface area contributed by atoms with E-state index in [2.05, 4.69) is 18.3 Å². The Balaban J connectivity index is 2.20. The van der Waals surface area contributed by atoms with Crippen molar-refractivity contribution in [3.8, 4) is 0 Å². The molecule has 1 nitrogen and oxygen atoms in total. The molecule has 0 amide bonds. The number of piperidine rings is 1. The molecule has 2 unspecified atom stereocenters. The Bertz CT molecular complexity index is 328. The number of aryl methyl sites for hydroxylation is 1. The standard InChI is InChI=1S/C13H18FN/c1-9-3-11(6-13(14)5-9)12-4-10(2)7-15-8-12/h3,5-6,10,12,15H,4,7-8H2,1-2H3. The Morgan fingerprint density at radius 2 is 2.07 bits per heavy atom. The maximum atomic E-state index is 13.3. The fourth-order valence-corrected chi connectivity index (χ4v) is 2.41. The van der Waals surface area contributed by atoms with Crippen LogP contribution in [0.2, 0.25) is 0 Å². The van der Waals surface area contributed by atoms with Gasteiger partial charge < -0.3 is 5.32 Å². The van der Waals surface area contributed by atoms with Crippen LogP contribution < -0.4 is 5.32 Å². The number of benzene rings is 1. The van der Waals surface area contributed by atoms with Crippen molar-refractivity contribution in [3.63, 3.8) is 0 Å². The summed E-state index contributed by atoms with van der Waals surface area (Å²) >= 11 is 0. The second-order valence-corrected chi connectivity index (χ2v) is 4.76. The Morgan fingerprint density at radius 3 is 2.73 bits per heavy atom. The molecule has 2 atom stereocenters. The van der Waals surface area contributed by atoms with E-state index in [0.717, 1.165) is 30.6 Å². The molecule has 1 heterocycles. The predicted octanol–water partition coefficient (Wildman–Crippen LogP) is 2.85. The minimum Gasteiger partial charge on any atom is -0.316 e. The van der Waals surface area contributed by atoms with Crippen LogP contribution in [0.4, 0.5) is 4.39 Å². The van der Waals surface area contributed by atoms with Crippen LogP contribution in [0.25, 0.3) is 0 Å². The first-order valence-corrected chi connectivity index (χ1v) is 5.63. The van der Waals surface area contributed by atoms with E-state index < -0.39 is 0 Å². The van der Waals surface area contributed by atoms with Crippen molar-refractivity contribution in [2.24, 2.45) is 5.92 Å². The molecule has 0 spiro atoms. The van der Waals surface area contributed by atoms with Crippen LogP contribution in [0.3, 0.4) is 0 Å². The highest BCUT2D eigenvalue weighted by Gasteiger charge is 2.20. The van der Waals surface area contributed by atoms with Crippen LogP contribution in [0.5, 0.6) is 0 Å². The summed E-state index contributed by atoms with van der Waals surface area (Å²) in [4.78, 5) is 0. The molecule has 15 heavy (non-hydrogen) atoms. The summed E-state index contributed by atoms with van der Waals surface area (Å²) in [5, 5.41) is 3.40. The van der Waals surface area contributed by atoms with Gasteiger partial charge in [0.15, 0.2) is 0 Å².